The van der Waals surface area contributed by atoms with Gasteiger partial charge in [-0.25, -0.2) is 9.59 Å². The molecule has 2 rings (SSSR count). The van der Waals surface area contributed by atoms with Gasteiger partial charge in [0.2, 0.25) is 0 Å². The quantitative estimate of drug-likeness (QED) is 0.630. The minimum absolute atomic E-state index is 0.113. The molecule has 0 fully saturated rings. The monoisotopic (exact) mass is 353 g/mol. The first-order valence-electron chi connectivity index (χ1n) is 7.13. The normalized spacial score (nSPS) is 17.1. The van der Waals surface area contributed by atoms with Crippen LogP contribution in [0.5, 0.6) is 0 Å². The molecule has 1 aliphatic rings. The van der Waals surface area contributed by atoms with E-state index in [1.165, 1.54) is 31.0 Å². The average Bonchev–Trinajstić information content (AvgIpc) is 2.50. The summed E-state index contributed by atoms with van der Waals surface area (Å²) < 4.78 is 11.1. The minimum Gasteiger partial charge on any atom is -0.467 e. The molecule has 0 radical (unpaired) electrons. The Morgan fingerprint density at radius 2 is 1.96 bits per heavy atom. The van der Waals surface area contributed by atoms with Gasteiger partial charge in [-0.1, -0.05) is 0 Å². The molecule has 1 aromatic heterocycles. The van der Waals surface area contributed by atoms with E-state index in [0.717, 1.165) is 11.8 Å². The summed E-state index contributed by atoms with van der Waals surface area (Å²) in [6.07, 6.45) is 1.41. The number of ether oxygens (including phenoxy) is 2. The lowest BCUT2D eigenvalue weighted by Crippen LogP contribution is -2.40. The zero-order chi connectivity index (χ0) is 18.1. The van der Waals surface area contributed by atoms with Crippen molar-refractivity contribution < 1.29 is 19.1 Å². The Hall–Kier alpha value is -2.29. The molecule has 0 aliphatic carbocycles. The number of thioether (sulfide) groups is 1. The summed E-state index contributed by atoms with van der Waals surface area (Å²) >= 11 is 1.09. The Kier molecular flexibility index (Phi) is 5.02. The summed E-state index contributed by atoms with van der Waals surface area (Å²) in [5.74, 6) is -1.32. The Bertz CT molecular complexity index is 763. The third-order valence-electron chi connectivity index (χ3n) is 3.11. The van der Waals surface area contributed by atoms with Gasteiger partial charge < -0.3 is 19.4 Å². The van der Waals surface area contributed by atoms with Crippen molar-refractivity contribution in [3.63, 3.8) is 0 Å². The van der Waals surface area contributed by atoms with E-state index in [-0.39, 0.29) is 16.3 Å². The predicted octanol–water partition coefficient (Wildman–Crippen LogP) is 0.836. The van der Waals surface area contributed by atoms with Crippen LogP contribution in [-0.2, 0) is 19.1 Å². The Labute approximate surface area is 143 Å². The third-order valence-corrected chi connectivity index (χ3v) is 4.12. The van der Waals surface area contributed by atoms with Gasteiger partial charge in [-0.05, 0) is 32.5 Å². The van der Waals surface area contributed by atoms with E-state index in [4.69, 9.17) is 9.47 Å². The van der Waals surface area contributed by atoms with Crippen molar-refractivity contribution in [1.29, 1.82) is 0 Å². The van der Waals surface area contributed by atoms with Crippen LogP contribution in [0, 0.1) is 0 Å². The number of carbonyl (C=O) groups is 2. The fourth-order valence-electron chi connectivity index (χ4n) is 2.17. The molecule has 24 heavy (non-hydrogen) atoms. The fourth-order valence-corrected chi connectivity index (χ4v) is 3.42. The van der Waals surface area contributed by atoms with Gasteiger partial charge in [-0.2, -0.15) is 4.98 Å². The molecule has 0 saturated heterocycles. The SMILES string of the molecule is COC(=O)C1=C(NC(C)(C)C)Sc2nc(=O)ccn2C1C(=O)OC. The first-order chi connectivity index (χ1) is 11.2. The number of methoxy groups -OCH3 is 2. The zero-order valence-corrected chi connectivity index (χ0v) is 14.9. The van der Waals surface area contributed by atoms with Gasteiger partial charge in [0, 0.05) is 17.8 Å². The topological polar surface area (TPSA) is 99.5 Å². The van der Waals surface area contributed by atoms with Crippen molar-refractivity contribution >= 4 is 23.7 Å². The van der Waals surface area contributed by atoms with Crippen molar-refractivity contribution in [2.24, 2.45) is 0 Å². The number of esters is 2. The summed E-state index contributed by atoms with van der Waals surface area (Å²) in [6.45, 7) is 5.72. The average molecular weight is 353 g/mol. The van der Waals surface area contributed by atoms with E-state index in [9.17, 15) is 14.4 Å². The first kappa shape index (κ1) is 18.1. The van der Waals surface area contributed by atoms with Gasteiger partial charge in [-0.15, -0.1) is 0 Å². The molecule has 1 unspecified atom stereocenters. The van der Waals surface area contributed by atoms with E-state index in [2.05, 4.69) is 10.3 Å². The number of nitrogens with one attached hydrogen (secondary N) is 1. The Morgan fingerprint density at radius 3 is 2.50 bits per heavy atom. The van der Waals surface area contributed by atoms with Crippen LogP contribution in [0.15, 0.2) is 32.8 Å². The molecule has 1 N–H and O–H groups in total. The van der Waals surface area contributed by atoms with E-state index >= 15 is 0 Å². The maximum Gasteiger partial charge on any atom is 0.339 e. The van der Waals surface area contributed by atoms with Crippen molar-refractivity contribution in [2.75, 3.05) is 14.2 Å². The van der Waals surface area contributed by atoms with Crippen LogP contribution in [0.4, 0.5) is 0 Å². The first-order valence-corrected chi connectivity index (χ1v) is 7.95. The number of hydrogen-bond acceptors (Lipinski definition) is 8. The van der Waals surface area contributed by atoms with E-state index in [1.807, 2.05) is 20.8 Å². The molecule has 0 amide bonds. The number of hydrogen-bond donors (Lipinski definition) is 1. The van der Waals surface area contributed by atoms with Gasteiger partial charge >= 0.3 is 11.9 Å². The van der Waals surface area contributed by atoms with E-state index < -0.39 is 23.5 Å². The van der Waals surface area contributed by atoms with E-state index in [0.29, 0.717) is 5.03 Å². The zero-order valence-electron chi connectivity index (χ0n) is 14.1. The Balaban J connectivity index is 2.70. The van der Waals surface area contributed by atoms with Gasteiger partial charge in [0.15, 0.2) is 11.2 Å². The highest BCUT2D eigenvalue weighted by Gasteiger charge is 2.40. The molecule has 130 valence electrons. The lowest BCUT2D eigenvalue weighted by atomic mass is 10.1. The summed E-state index contributed by atoms with van der Waals surface area (Å²) in [6, 6.07) is 0.133. The van der Waals surface area contributed by atoms with Gasteiger partial charge in [0.25, 0.3) is 5.56 Å². The lowest BCUT2D eigenvalue weighted by Gasteiger charge is -2.32. The smallest absolute Gasteiger partial charge is 0.339 e. The van der Waals surface area contributed by atoms with E-state index in [1.54, 1.807) is 0 Å². The summed E-state index contributed by atoms with van der Waals surface area (Å²) in [7, 11) is 2.47. The standard InChI is InChI=1S/C15H19N3O5S/c1-15(2,3)17-11-9(12(20)22-4)10(13(21)23-5)18-7-6-8(19)16-14(18)24-11/h6-7,10,17H,1-5H3. The molecule has 8 nitrogen and oxygen atoms in total. The molecule has 1 aliphatic heterocycles. The number of rotatable bonds is 3. The van der Waals surface area contributed by atoms with Gasteiger partial charge in [-0.3, -0.25) is 4.79 Å². The maximum absolute atomic E-state index is 12.3. The molecule has 1 aromatic rings. The van der Waals surface area contributed by atoms with Crippen LogP contribution in [-0.4, -0.2) is 41.2 Å². The second-order valence-corrected chi connectivity index (χ2v) is 7.07. The molecule has 0 aromatic carbocycles. The van der Waals surface area contributed by atoms with Crippen molar-refractivity contribution in [3.8, 4) is 0 Å². The molecular formula is C15H19N3O5S. The molecule has 2 heterocycles. The third kappa shape index (κ3) is 3.61. The predicted molar refractivity (Wildman–Crippen MR) is 87.3 cm³/mol. The Morgan fingerprint density at radius 1 is 1.29 bits per heavy atom. The number of nitrogens with zero attached hydrogens (tertiary/aromatic N) is 2. The number of aromatic nitrogens is 2. The summed E-state index contributed by atoms with van der Waals surface area (Å²) in [4.78, 5) is 40.1. The maximum atomic E-state index is 12.3. The van der Waals surface area contributed by atoms with Crippen LogP contribution in [0.1, 0.15) is 26.8 Å². The molecule has 9 heteroatoms. The van der Waals surface area contributed by atoms with Crippen molar-refractivity contribution in [1.82, 2.24) is 14.9 Å². The summed E-state index contributed by atoms with van der Waals surface area (Å²) in [5, 5.41) is 3.87. The molecule has 0 bridgehead atoms. The second-order valence-electron chi connectivity index (χ2n) is 6.09. The lowest BCUT2D eigenvalue weighted by molar-refractivity contribution is -0.147. The highest BCUT2D eigenvalue weighted by Crippen LogP contribution is 2.39. The second kappa shape index (κ2) is 6.68. The largest absolute Gasteiger partial charge is 0.467 e. The fraction of sp³-hybridized carbons (Fsp3) is 0.467. The minimum atomic E-state index is -1.09. The number of carbonyl (C=O) groups excluding carboxylic acids is 2. The van der Waals surface area contributed by atoms with Gasteiger partial charge in [0.05, 0.1) is 19.2 Å². The molecule has 0 saturated carbocycles. The van der Waals surface area contributed by atoms with Crippen LogP contribution in [0.25, 0.3) is 0 Å². The van der Waals surface area contributed by atoms with Crippen LogP contribution in [0.3, 0.4) is 0 Å². The van der Waals surface area contributed by atoms with Gasteiger partial charge in [0.1, 0.15) is 5.57 Å². The van der Waals surface area contributed by atoms with Crippen molar-refractivity contribution in [3.05, 3.63) is 33.2 Å². The van der Waals surface area contributed by atoms with Crippen molar-refractivity contribution in [2.45, 2.75) is 37.5 Å². The summed E-state index contributed by atoms with van der Waals surface area (Å²) in [5.41, 5.74) is -0.712. The molecule has 1 atom stereocenters. The van der Waals surface area contributed by atoms with Crippen LogP contribution >= 0.6 is 11.8 Å². The highest BCUT2D eigenvalue weighted by molar-refractivity contribution is 8.03. The van der Waals surface area contributed by atoms with Crippen LogP contribution < -0.4 is 10.9 Å². The molecule has 0 spiro atoms. The van der Waals surface area contributed by atoms with Crippen LogP contribution in [0.2, 0.25) is 0 Å². The highest BCUT2D eigenvalue weighted by atomic mass is 32.2. The number of fused-ring (bicyclic) bond motifs is 1. The molecular weight excluding hydrogens is 334 g/mol.